The van der Waals surface area contributed by atoms with Gasteiger partial charge in [-0.15, -0.1) is 0 Å². The lowest BCUT2D eigenvalue weighted by molar-refractivity contribution is -0.0581. The Kier molecular flexibility index (Phi) is 4.66. The minimum Gasteiger partial charge on any atom is -0.278 e. The topological polar surface area (TPSA) is 97.4 Å². The molecule has 3 N–H and O–H groups in total. The number of sulfonamides is 1. The molecule has 23 heavy (non-hydrogen) atoms. The van der Waals surface area contributed by atoms with Gasteiger partial charge in [0.1, 0.15) is 0 Å². The molecule has 0 saturated heterocycles. The molecule has 0 fully saturated rings. The Morgan fingerprint density at radius 1 is 1.17 bits per heavy atom. The largest absolute Gasteiger partial charge is 0.435 e. The standard InChI is InChI=1S/C13H11F3N4O2S/c14-13(15,16)12(9-2-1-7-18-8-9)20-19-10-3-5-11(6-4-10)23(17,21)22/h1-8,19H,(H2,17,21,22)/b20-12-. The highest BCUT2D eigenvalue weighted by Crippen LogP contribution is 2.22. The second kappa shape index (κ2) is 6.34. The number of hydrogen-bond acceptors (Lipinski definition) is 5. The van der Waals surface area contributed by atoms with Gasteiger partial charge >= 0.3 is 6.18 Å². The van der Waals surface area contributed by atoms with Crippen LogP contribution in [0.25, 0.3) is 0 Å². The number of hydrazone groups is 1. The lowest BCUT2D eigenvalue weighted by Gasteiger charge is -2.11. The predicted octanol–water partition coefficient (Wildman–Crippen LogP) is 2.11. The Balaban J connectivity index is 2.28. The fraction of sp³-hybridized carbons (Fsp3) is 0.0769. The Morgan fingerprint density at radius 2 is 1.83 bits per heavy atom. The van der Waals surface area contributed by atoms with Crippen molar-refractivity contribution in [2.45, 2.75) is 11.1 Å². The van der Waals surface area contributed by atoms with E-state index in [1.807, 2.05) is 0 Å². The van der Waals surface area contributed by atoms with Crippen LogP contribution in [0.15, 0.2) is 58.8 Å². The zero-order chi connectivity index (χ0) is 17.1. The van der Waals surface area contributed by atoms with Crippen LogP contribution < -0.4 is 10.6 Å². The lowest BCUT2D eigenvalue weighted by Crippen LogP contribution is -2.25. The van der Waals surface area contributed by atoms with Gasteiger partial charge in [0, 0.05) is 18.0 Å². The fourth-order valence-electron chi connectivity index (χ4n) is 1.63. The van der Waals surface area contributed by atoms with E-state index in [1.165, 1.54) is 30.5 Å². The number of halogens is 3. The van der Waals surface area contributed by atoms with E-state index >= 15 is 0 Å². The zero-order valence-electron chi connectivity index (χ0n) is 11.4. The molecule has 2 aromatic rings. The average Bonchev–Trinajstić information content (AvgIpc) is 2.47. The molecule has 0 unspecified atom stereocenters. The molecule has 0 bridgehead atoms. The maximum Gasteiger partial charge on any atom is 0.435 e. The second-order valence-corrected chi connectivity index (χ2v) is 5.94. The van der Waals surface area contributed by atoms with Crippen molar-refractivity contribution in [3.63, 3.8) is 0 Å². The summed E-state index contributed by atoms with van der Waals surface area (Å²) in [7, 11) is -3.87. The normalized spacial score (nSPS) is 13.0. The van der Waals surface area contributed by atoms with Crippen LogP contribution in [0.4, 0.5) is 18.9 Å². The molecule has 122 valence electrons. The minimum atomic E-state index is -4.68. The lowest BCUT2D eigenvalue weighted by atomic mass is 10.2. The maximum absolute atomic E-state index is 13.0. The van der Waals surface area contributed by atoms with Gasteiger partial charge in [0.15, 0.2) is 5.71 Å². The fourth-order valence-corrected chi connectivity index (χ4v) is 2.15. The first-order chi connectivity index (χ1) is 10.7. The van der Waals surface area contributed by atoms with Crippen LogP contribution in [-0.2, 0) is 10.0 Å². The number of nitrogens with one attached hydrogen (secondary N) is 1. The van der Waals surface area contributed by atoms with Gasteiger partial charge < -0.3 is 0 Å². The van der Waals surface area contributed by atoms with E-state index in [-0.39, 0.29) is 16.1 Å². The number of pyridine rings is 1. The Morgan fingerprint density at radius 3 is 2.30 bits per heavy atom. The van der Waals surface area contributed by atoms with E-state index in [1.54, 1.807) is 0 Å². The highest BCUT2D eigenvalue weighted by atomic mass is 32.2. The van der Waals surface area contributed by atoms with E-state index in [0.29, 0.717) is 0 Å². The molecule has 0 aliphatic carbocycles. The van der Waals surface area contributed by atoms with Crippen molar-refractivity contribution < 1.29 is 21.6 Å². The number of primary sulfonamides is 1. The molecular weight excluding hydrogens is 333 g/mol. The van der Waals surface area contributed by atoms with Crippen molar-refractivity contribution in [2.75, 3.05) is 5.43 Å². The molecule has 0 saturated carbocycles. The van der Waals surface area contributed by atoms with E-state index in [9.17, 15) is 21.6 Å². The van der Waals surface area contributed by atoms with Crippen molar-refractivity contribution >= 4 is 21.4 Å². The molecule has 0 aliphatic rings. The Hall–Kier alpha value is -2.46. The molecule has 1 aromatic carbocycles. The summed E-state index contributed by atoms with van der Waals surface area (Å²) in [6, 6.07) is 7.40. The summed E-state index contributed by atoms with van der Waals surface area (Å²) in [5.74, 6) is 0. The Labute approximate surface area is 129 Å². The van der Waals surface area contributed by atoms with E-state index in [0.717, 1.165) is 18.3 Å². The molecule has 0 aliphatic heterocycles. The summed E-state index contributed by atoms with van der Waals surface area (Å²) in [4.78, 5) is 3.47. The summed E-state index contributed by atoms with van der Waals surface area (Å²) in [6.07, 6.45) is -2.30. The van der Waals surface area contributed by atoms with Crippen molar-refractivity contribution in [2.24, 2.45) is 10.2 Å². The molecule has 0 atom stereocenters. The molecule has 6 nitrogen and oxygen atoms in total. The van der Waals surface area contributed by atoms with Crippen molar-refractivity contribution in [1.82, 2.24) is 4.98 Å². The van der Waals surface area contributed by atoms with Gasteiger partial charge in [0.2, 0.25) is 10.0 Å². The average molecular weight is 344 g/mol. The number of nitrogens with zero attached hydrogens (tertiary/aromatic N) is 2. The monoisotopic (exact) mass is 344 g/mol. The first-order valence-electron chi connectivity index (χ1n) is 6.12. The predicted molar refractivity (Wildman–Crippen MR) is 78.3 cm³/mol. The number of anilines is 1. The van der Waals surface area contributed by atoms with Gasteiger partial charge in [0.05, 0.1) is 10.6 Å². The van der Waals surface area contributed by atoms with Crippen LogP contribution in [0, 0.1) is 0 Å². The van der Waals surface area contributed by atoms with E-state index in [4.69, 9.17) is 5.14 Å². The summed E-state index contributed by atoms with van der Waals surface area (Å²) in [5.41, 5.74) is 1.05. The van der Waals surface area contributed by atoms with E-state index in [2.05, 4.69) is 15.5 Å². The smallest absolute Gasteiger partial charge is 0.278 e. The third kappa shape index (κ3) is 4.50. The number of nitrogens with two attached hydrogens (primary N) is 1. The van der Waals surface area contributed by atoms with Crippen LogP contribution in [-0.4, -0.2) is 25.3 Å². The summed E-state index contributed by atoms with van der Waals surface area (Å²) in [6.45, 7) is 0. The molecule has 10 heteroatoms. The van der Waals surface area contributed by atoms with Crippen LogP contribution in [0.3, 0.4) is 0 Å². The molecule has 2 rings (SSSR count). The Bertz CT molecular complexity index is 803. The summed E-state index contributed by atoms with van der Waals surface area (Å²) < 4.78 is 61.3. The van der Waals surface area contributed by atoms with Gasteiger partial charge in [0.25, 0.3) is 0 Å². The number of hydrogen-bond donors (Lipinski definition) is 2. The molecule has 1 heterocycles. The van der Waals surface area contributed by atoms with Crippen LogP contribution >= 0.6 is 0 Å². The van der Waals surface area contributed by atoms with Crippen molar-refractivity contribution in [3.8, 4) is 0 Å². The van der Waals surface area contributed by atoms with Gasteiger partial charge in [-0.2, -0.15) is 18.3 Å². The van der Waals surface area contributed by atoms with Gasteiger partial charge in [-0.25, -0.2) is 13.6 Å². The molecular formula is C13H11F3N4O2S. The summed E-state index contributed by atoms with van der Waals surface area (Å²) >= 11 is 0. The van der Waals surface area contributed by atoms with Gasteiger partial charge in [-0.05, 0) is 36.4 Å². The maximum atomic E-state index is 13.0. The van der Waals surface area contributed by atoms with Gasteiger partial charge in [-0.1, -0.05) is 0 Å². The van der Waals surface area contributed by atoms with E-state index < -0.39 is 21.9 Å². The highest BCUT2D eigenvalue weighted by molar-refractivity contribution is 7.89. The third-order valence-corrected chi connectivity index (χ3v) is 3.61. The van der Waals surface area contributed by atoms with Crippen LogP contribution in [0.5, 0.6) is 0 Å². The number of benzene rings is 1. The van der Waals surface area contributed by atoms with Crippen LogP contribution in [0.1, 0.15) is 5.56 Å². The molecule has 0 radical (unpaired) electrons. The first-order valence-corrected chi connectivity index (χ1v) is 7.67. The molecule has 0 spiro atoms. The first kappa shape index (κ1) is 16.9. The zero-order valence-corrected chi connectivity index (χ0v) is 12.3. The van der Waals surface area contributed by atoms with Crippen molar-refractivity contribution in [1.29, 1.82) is 0 Å². The second-order valence-electron chi connectivity index (χ2n) is 4.38. The van der Waals surface area contributed by atoms with Crippen LogP contribution in [0.2, 0.25) is 0 Å². The molecule has 1 aromatic heterocycles. The van der Waals surface area contributed by atoms with Gasteiger partial charge in [-0.3, -0.25) is 10.4 Å². The number of rotatable bonds is 4. The number of alkyl halides is 3. The minimum absolute atomic E-state index is 0.157. The third-order valence-electron chi connectivity index (χ3n) is 2.68. The quantitative estimate of drug-likeness (QED) is 0.656. The van der Waals surface area contributed by atoms with Crippen molar-refractivity contribution in [3.05, 3.63) is 54.4 Å². The summed E-state index contributed by atoms with van der Waals surface area (Å²) in [5, 5.41) is 8.28. The molecule has 0 amide bonds. The number of aromatic nitrogens is 1. The highest BCUT2D eigenvalue weighted by Gasteiger charge is 2.37. The SMILES string of the molecule is NS(=O)(=O)c1ccc(N/N=C(/c2cccnc2)C(F)(F)F)cc1.